The zero-order valence-electron chi connectivity index (χ0n) is 16.6. The van der Waals surface area contributed by atoms with Gasteiger partial charge in [0.25, 0.3) is 5.91 Å². The van der Waals surface area contributed by atoms with E-state index in [0.717, 1.165) is 44.8 Å². The molecular weight excluding hydrogens is 366 g/mol. The number of hydrogen-bond acceptors (Lipinski definition) is 5. The van der Waals surface area contributed by atoms with E-state index in [4.69, 9.17) is 0 Å². The summed E-state index contributed by atoms with van der Waals surface area (Å²) in [7, 11) is 0. The molecule has 7 heteroatoms. The van der Waals surface area contributed by atoms with Gasteiger partial charge in [0.15, 0.2) is 0 Å². The van der Waals surface area contributed by atoms with Crippen LogP contribution in [-0.4, -0.2) is 84.4 Å². The maximum atomic E-state index is 12.8. The van der Waals surface area contributed by atoms with Gasteiger partial charge in [0.1, 0.15) is 5.69 Å². The molecule has 2 amide bonds. The highest BCUT2D eigenvalue weighted by Crippen LogP contribution is 2.19. The molecule has 3 heterocycles. The van der Waals surface area contributed by atoms with E-state index < -0.39 is 0 Å². The Kier molecular flexibility index (Phi) is 6.05. The quantitative estimate of drug-likeness (QED) is 0.717. The highest BCUT2D eigenvalue weighted by atomic mass is 16.2. The Morgan fingerprint density at radius 2 is 1.66 bits per heavy atom. The van der Waals surface area contributed by atoms with Crippen molar-refractivity contribution in [2.75, 3.05) is 57.3 Å². The summed E-state index contributed by atoms with van der Waals surface area (Å²) in [6, 6.07) is 14.4. The second-order valence-electron chi connectivity index (χ2n) is 7.58. The van der Waals surface area contributed by atoms with Crippen molar-refractivity contribution < 1.29 is 9.59 Å². The molecule has 7 nitrogen and oxygen atoms in total. The average molecular weight is 393 g/mol. The molecular formula is C22H27N5O2. The summed E-state index contributed by atoms with van der Waals surface area (Å²) >= 11 is 0. The normalized spacial score (nSPS) is 18.0. The molecule has 1 aromatic carbocycles. The van der Waals surface area contributed by atoms with Gasteiger partial charge < -0.3 is 14.7 Å². The van der Waals surface area contributed by atoms with Crippen LogP contribution in [0.1, 0.15) is 16.1 Å². The second-order valence-corrected chi connectivity index (χ2v) is 7.58. The number of aromatic nitrogens is 1. The molecule has 0 radical (unpaired) electrons. The summed E-state index contributed by atoms with van der Waals surface area (Å²) in [4.78, 5) is 36.2. The van der Waals surface area contributed by atoms with Crippen molar-refractivity contribution >= 4 is 18.0 Å². The van der Waals surface area contributed by atoms with E-state index in [1.165, 1.54) is 5.56 Å². The number of nitrogens with zero attached hydrogens (tertiary/aromatic N) is 5. The first-order valence-corrected chi connectivity index (χ1v) is 10.2. The highest BCUT2D eigenvalue weighted by molar-refractivity contribution is 5.93. The van der Waals surface area contributed by atoms with E-state index in [2.05, 4.69) is 39.0 Å². The van der Waals surface area contributed by atoms with E-state index in [-0.39, 0.29) is 5.91 Å². The summed E-state index contributed by atoms with van der Waals surface area (Å²) in [5.41, 5.74) is 2.87. The minimum atomic E-state index is -0.0555. The molecule has 152 valence electrons. The molecule has 0 saturated carbocycles. The summed E-state index contributed by atoms with van der Waals surface area (Å²) in [5, 5.41) is 0. The van der Waals surface area contributed by atoms with Gasteiger partial charge in [0.05, 0.1) is 0 Å². The SMILES string of the molecule is O=CN1CCN(C(=O)c2cc(N3CCN(Cc4ccccc4)CC3)ccn2)CC1. The predicted molar refractivity (Wildman–Crippen MR) is 112 cm³/mol. The summed E-state index contributed by atoms with van der Waals surface area (Å²) < 4.78 is 0. The van der Waals surface area contributed by atoms with Crippen LogP contribution in [0.25, 0.3) is 0 Å². The van der Waals surface area contributed by atoms with Crippen molar-refractivity contribution in [3.8, 4) is 0 Å². The number of piperazine rings is 2. The number of benzene rings is 1. The zero-order chi connectivity index (χ0) is 20.1. The molecule has 0 atom stereocenters. The topological polar surface area (TPSA) is 60.0 Å². The van der Waals surface area contributed by atoms with Crippen LogP contribution in [-0.2, 0) is 11.3 Å². The highest BCUT2D eigenvalue weighted by Gasteiger charge is 2.23. The number of anilines is 1. The van der Waals surface area contributed by atoms with E-state index in [9.17, 15) is 9.59 Å². The number of carbonyl (C=O) groups is 2. The molecule has 2 fully saturated rings. The smallest absolute Gasteiger partial charge is 0.272 e. The van der Waals surface area contributed by atoms with Gasteiger partial charge in [0.2, 0.25) is 6.41 Å². The number of carbonyl (C=O) groups excluding carboxylic acids is 2. The molecule has 2 aliphatic rings. The van der Waals surface area contributed by atoms with E-state index in [1.807, 2.05) is 18.2 Å². The van der Waals surface area contributed by atoms with Gasteiger partial charge in [-0.3, -0.25) is 19.5 Å². The minimum absolute atomic E-state index is 0.0555. The van der Waals surface area contributed by atoms with Gasteiger partial charge in [-0.25, -0.2) is 0 Å². The van der Waals surface area contributed by atoms with Crippen molar-refractivity contribution in [1.82, 2.24) is 19.7 Å². The van der Waals surface area contributed by atoms with E-state index in [1.54, 1.807) is 16.0 Å². The molecule has 2 aromatic rings. The van der Waals surface area contributed by atoms with Gasteiger partial charge in [-0.15, -0.1) is 0 Å². The first kappa shape index (κ1) is 19.4. The maximum absolute atomic E-state index is 12.8. The largest absolute Gasteiger partial charge is 0.369 e. The monoisotopic (exact) mass is 393 g/mol. The molecule has 0 N–H and O–H groups in total. The molecule has 4 rings (SSSR count). The van der Waals surface area contributed by atoms with Crippen LogP contribution >= 0.6 is 0 Å². The zero-order valence-corrected chi connectivity index (χ0v) is 16.6. The summed E-state index contributed by atoms with van der Waals surface area (Å²) in [6.45, 7) is 7.11. The predicted octanol–water partition coefficient (Wildman–Crippen LogP) is 1.32. The van der Waals surface area contributed by atoms with Crippen LogP contribution in [0.4, 0.5) is 5.69 Å². The second kappa shape index (κ2) is 9.05. The van der Waals surface area contributed by atoms with Gasteiger partial charge in [-0.1, -0.05) is 30.3 Å². The number of amides is 2. The molecule has 0 unspecified atom stereocenters. The number of hydrogen-bond donors (Lipinski definition) is 0. The van der Waals surface area contributed by atoms with Gasteiger partial charge in [-0.05, 0) is 17.7 Å². The molecule has 2 aliphatic heterocycles. The Morgan fingerprint density at radius 3 is 2.34 bits per heavy atom. The van der Waals surface area contributed by atoms with Crippen LogP contribution in [0.3, 0.4) is 0 Å². The van der Waals surface area contributed by atoms with Crippen molar-refractivity contribution in [3.05, 3.63) is 59.9 Å². The third-order valence-electron chi connectivity index (χ3n) is 5.70. The Balaban J connectivity index is 1.34. The first-order chi connectivity index (χ1) is 14.2. The minimum Gasteiger partial charge on any atom is -0.369 e. The van der Waals surface area contributed by atoms with E-state index in [0.29, 0.717) is 31.9 Å². The maximum Gasteiger partial charge on any atom is 0.272 e. The average Bonchev–Trinajstić information content (AvgIpc) is 2.80. The van der Waals surface area contributed by atoms with E-state index >= 15 is 0 Å². The molecule has 29 heavy (non-hydrogen) atoms. The third kappa shape index (κ3) is 4.74. The van der Waals surface area contributed by atoms with Crippen LogP contribution in [0.15, 0.2) is 48.7 Å². The van der Waals surface area contributed by atoms with Crippen molar-refractivity contribution in [2.45, 2.75) is 6.54 Å². The van der Waals surface area contributed by atoms with Crippen LogP contribution in [0.2, 0.25) is 0 Å². The molecule has 0 aliphatic carbocycles. The fraction of sp³-hybridized carbons (Fsp3) is 0.409. The van der Waals surface area contributed by atoms with Gasteiger partial charge in [-0.2, -0.15) is 0 Å². The first-order valence-electron chi connectivity index (χ1n) is 10.2. The molecule has 0 bridgehead atoms. The van der Waals surface area contributed by atoms with Gasteiger partial charge in [0, 0.05) is 70.8 Å². The van der Waals surface area contributed by atoms with Crippen molar-refractivity contribution in [2.24, 2.45) is 0 Å². The molecule has 2 saturated heterocycles. The van der Waals surface area contributed by atoms with Gasteiger partial charge >= 0.3 is 0 Å². The standard InChI is InChI=1S/C22H27N5O2/c28-18-25-10-14-27(15-11-25)22(29)21-16-20(6-7-23-21)26-12-8-24(9-13-26)17-19-4-2-1-3-5-19/h1-7,16,18H,8-15,17H2. The number of rotatable bonds is 5. The Bertz CT molecular complexity index is 828. The lowest BCUT2D eigenvalue weighted by Gasteiger charge is -2.36. The Labute approximate surface area is 171 Å². The van der Waals surface area contributed by atoms with Crippen molar-refractivity contribution in [3.63, 3.8) is 0 Å². The summed E-state index contributed by atoms with van der Waals surface area (Å²) in [6.07, 6.45) is 2.57. The third-order valence-corrected chi connectivity index (χ3v) is 5.70. The molecule has 1 aromatic heterocycles. The van der Waals surface area contributed by atoms with Crippen molar-refractivity contribution in [1.29, 1.82) is 0 Å². The fourth-order valence-corrected chi connectivity index (χ4v) is 3.93. The van der Waals surface area contributed by atoms with Crippen LogP contribution in [0.5, 0.6) is 0 Å². The van der Waals surface area contributed by atoms with Crippen LogP contribution < -0.4 is 4.90 Å². The number of pyridine rings is 1. The Morgan fingerprint density at radius 1 is 0.931 bits per heavy atom. The lowest BCUT2D eigenvalue weighted by Crippen LogP contribution is -2.48. The lowest BCUT2D eigenvalue weighted by molar-refractivity contribution is -0.119. The molecule has 0 spiro atoms. The lowest BCUT2D eigenvalue weighted by atomic mass is 10.2. The van der Waals surface area contributed by atoms with Crippen LogP contribution in [0, 0.1) is 0 Å². The Hall–Kier alpha value is -2.93. The fourth-order valence-electron chi connectivity index (χ4n) is 3.93. The summed E-state index contributed by atoms with van der Waals surface area (Å²) in [5.74, 6) is -0.0555.